The maximum Gasteiger partial charge on any atom is 0.411 e. The molecule has 0 aromatic heterocycles. The third-order valence-electron chi connectivity index (χ3n) is 4.12. The van der Waals surface area contributed by atoms with Crippen molar-refractivity contribution in [3.05, 3.63) is 34.9 Å². The average Bonchev–Trinajstić information content (AvgIpc) is 2.91. The van der Waals surface area contributed by atoms with Gasteiger partial charge in [0.15, 0.2) is 11.3 Å². The summed E-state index contributed by atoms with van der Waals surface area (Å²) in [6.45, 7) is 5.38. The molecule has 0 spiro atoms. The van der Waals surface area contributed by atoms with E-state index in [4.69, 9.17) is 16.3 Å². The van der Waals surface area contributed by atoms with Crippen LogP contribution < -0.4 is 0 Å². The first kappa shape index (κ1) is 19.2. The van der Waals surface area contributed by atoms with Gasteiger partial charge in [0, 0.05) is 23.6 Å². The van der Waals surface area contributed by atoms with E-state index in [1.54, 1.807) is 45.0 Å². The van der Waals surface area contributed by atoms with Crippen molar-refractivity contribution in [1.29, 1.82) is 0 Å². The SMILES string of the molecule is CC(C)(C)OC(=O)N1CCCC1(CC(=O)c1ccc(Cl)cc1)C(=O)O. The van der Waals surface area contributed by atoms with Crippen LogP contribution >= 0.6 is 11.6 Å². The molecule has 0 aliphatic carbocycles. The lowest BCUT2D eigenvalue weighted by molar-refractivity contribution is -0.149. The number of carbonyl (C=O) groups is 3. The highest BCUT2D eigenvalue weighted by atomic mass is 35.5. The molecule has 136 valence electrons. The van der Waals surface area contributed by atoms with Gasteiger partial charge in [-0.1, -0.05) is 11.6 Å². The predicted molar refractivity (Wildman–Crippen MR) is 92.9 cm³/mol. The van der Waals surface area contributed by atoms with Crippen LogP contribution in [0.15, 0.2) is 24.3 Å². The zero-order valence-electron chi connectivity index (χ0n) is 14.5. The first-order valence-corrected chi connectivity index (χ1v) is 8.46. The molecule has 1 aliphatic rings. The lowest BCUT2D eigenvalue weighted by atomic mass is 9.88. The topological polar surface area (TPSA) is 83.9 Å². The van der Waals surface area contributed by atoms with Crippen LogP contribution in [0.2, 0.25) is 5.02 Å². The van der Waals surface area contributed by atoms with Crippen LogP contribution in [-0.4, -0.2) is 45.5 Å². The van der Waals surface area contributed by atoms with Crippen molar-refractivity contribution in [3.8, 4) is 0 Å². The molecule has 1 N–H and O–H groups in total. The third kappa shape index (κ3) is 4.31. The number of halogens is 1. The lowest BCUT2D eigenvalue weighted by Crippen LogP contribution is -2.55. The highest BCUT2D eigenvalue weighted by Crippen LogP contribution is 2.35. The number of rotatable bonds is 4. The largest absolute Gasteiger partial charge is 0.479 e. The van der Waals surface area contributed by atoms with Gasteiger partial charge in [-0.25, -0.2) is 9.59 Å². The number of ketones is 1. The molecule has 1 aliphatic heterocycles. The van der Waals surface area contributed by atoms with Gasteiger partial charge in [0.1, 0.15) is 5.60 Å². The molecule has 6 nitrogen and oxygen atoms in total. The summed E-state index contributed by atoms with van der Waals surface area (Å²) < 4.78 is 5.33. The van der Waals surface area contributed by atoms with Crippen LogP contribution in [0.25, 0.3) is 0 Å². The zero-order valence-corrected chi connectivity index (χ0v) is 15.3. The zero-order chi connectivity index (χ0) is 18.8. The Morgan fingerprint density at radius 1 is 1.24 bits per heavy atom. The van der Waals surface area contributed by atoms with E-state index in [1.807, 2.05) is 0 Å². The number of Topliss-reactive ketones (excluding diaryl/α,β-unsaturated/α-hetero) is 1. The third-order valence-corrected chi connectivity index (χ3v) is 4.37. The van der Waals surface area contributed by atoms with Gasteiger partial charge < -0.3 is 9.84 Å². The maximum absolute atomic E-state index is 12.6. The van der Waals surface area contributed by atoms with Gasteiger partial charge in [0.05, 0.1) is 0 Å². The number of ether oxygens (including phenoxy) is 1. The standard InChI is InChI=1S/C18H22ClNO5/c1-17(2,3)25-16(24)20-10-4-9-18(20,15(22)23)11-14(21)12-5-7-13(19)8-6-12/h5-8H,4,9-11H2,1-3H3,(H,22,23). The second kappa shape index (κ2) is 7.04. The Balaban J connectivity index is 2.27. The molecule has 1 unspecified atom stereocenters. The van der Waals surface area contributed by atoms with E-state index < -0.39 is 23.2 Å². The van der Waals surface area contributed by atoms with Crippen molar-refractivity contribution >= 4 is 29.4 Å². The molecule has 1 saturated heterocycles. The molecule has 0 saturated carbocycles. The average molecular weight is 368 g/mol. The number of amides is 1. The molecule has 1 aromatic carbocycles. The van der Waals surface area contributed by atoms with Gasteiger partial charge in [-0.05, 0) is 57.9 Å². The summed E-state index contributed by atoms with van der Waals surface area (Å²) in [5.41, 5.74) is -1.97. The number of carbonyl (C=O) groups excluding carboxylic acids is 2. The molecule has 1 amide bonds. The smallest absolute Gasteiger partial charge is 0.411 e. The molecule has 2 rings (SSSR count). The summed E-state index contributed by atoms with van der Waals surface area (Å²) in [6, 6.07) is 6.24. The normalized spacial score (nSPS) is 20.4. The minimum Gasteiger partial charge on any atom is -0.479 e. The van der Waals surface area contributed by atoms with E-state index in [-0.39, 0.29) is 25.2 Å². The van der Waals surface area contributed by atoms with Gasteiger partial charge >= 0.3 is 12.1 Å². The van der Waals surface area contributed by atoms with Crippen LogP contribution in [0.3, 0.4) is 0 Å². The number of hydrogen-bond donors (Lipinski definition) is 1. The van der Waals surface area contributed by atoms with Crippen LogP contribution in [0.1, 0.15) is 50.4 Å². The molecule has 1 fully saturated rings. The Labute approximate surface area is 151 Å². The first-order chi connectivity index (χ1) is 11.5. The second-order valence-electron chi connectivity index (χ2n) is 7.18. The number of carboxylic acids is 1. The number of aliphatic carboxylic acids is 1. The molecule has 1 heterocycles. The number of nitrogens with zero attached hydrogens (tertiary/aromatic N) is 1. The van der Waals surface area contributed by atoms with E-state index in [0.29, 0.717) is 17.0 Å². The molecule has 0 radical (unpaired) electrons. The van der Waals surface area contributed by atoms with Gasteiger partial charge in [-0.15, -0.1) is 0 Å². The molecular weight excluding hydrogens is 346 g/mol. The highest BCUT2D eigenvalue weighted by Gasteiger charge is 2.52. The van der Waals surface area contributed by atoms with Crippen molar-refractivity contribution in [3.63, 3.8) is 0 Å². The Morgan fingerprint density at radius 3 is 2.36 bits per heavy atom. The quantitative estimate of drug-likeness (QED) is 0.819. The van der Waals surface area contributed by atoms with Crippen molar-refractivity contribution in [2.24, 2.45) is 0 Å². The van der Waals surface area contributed by atoms with Crippen molar-refractivity contribution in [2.45, 2.75) is 51.2 Å². The molecule has 7 heteroatoms. The van der Waals surface area contributed by atoms with E-state index in [0.717, 1.165) is 0 Å². The lowest BCUT2D eigenvalue weighted by Gasteiger charge is -2.35. The Kier molecular flexibility index (Phi) is 5.42. The molecular formula is C18H22ClNO5. The molecule has 25 heavy (non-hydrogen) atoms. The summed E-state index contributed by atoms with van der Waals surface area (Å²) in [5, 5.41) is 10.3. The number of benzene rings is 1. The summed E-state index contributed by atoms with van der Waals surface area (Å²) >= 11 is 5.82. The predicted octanol–water partition coefficient (Wildman–Crippen LogP) is 3.77. The van der Waals surface area contributed by atoms with Crippen LogP contribution in [0, 0.1) is 0 Å². The Hall–Kier alpha value is -2.08. The second-order valence-corrected chi connectivity index (χ2v) is 7.62. The van der Waals surface area contributed by atoms with Crippen LogP contribution in [0.4, 0.5) is 4.79 Å². The van der Waals surface area contributed by atoms with Crippen LogP contribution in [-0.2, 0) is 9.53 Å². The fourth-order valence-corrected chi connectivity index (χ4v) is 3.07. The highest BCUT2D eigenvalue weighted by molar-refractivity contribution is 6.30. The Morgan fingerprint density at radius 2 is 1.84 bits per heavy atom. The number of carboxylic acid groups (broad SMARTS) is 1. The van der Waals surface area contributed by atoms with Gasteiger partial charge in [0.2, 0.25) is 0 Å². The van der Waals surface area contributed by atoms with Gasteiger partial charge in [-0.3, -0.25) is 9.69 Å². The monoisotopic (exact) mass is 367 g/mol. The summed E-state index contributed by atoms with van der Waals surface area (Å²) in [4.78, 5) is 38.2. The molecule has 0 bridgehead atoms. The van der Waals surface area contributed by atoms with Gasteiger partial charge in [-0.2, -0.15) is 0 Å². The maximum atomic E-state index is 12.6. The van der Waals surface area contributed by atoms with Crippen molar-refractivity contribution in [1.82, 2.24) is 4.90 Å². The van der Waals surface area contributed by atoms with Crippen LogP contribution in [0.5, 0.6) is 0 Å². The fraction of sp³-hybridized carbons (Fsp3) is 0.500. The summed E-state index contributed by atoms with van der Waals surface area (Å²) in [6.07, 6.45) is -0.305. The first-order valence-electron chi connectivity index (χ1n) is 8.08. The number of hydrogen-bond acceptors (Lipinski definition) is 4. The minimum atomic E-state index is -1.58. The van der Waals surface area contributed by atoms with E-state index >= 15 is 0 Å². The molecule has 1 aromatic rings. The van der Waals surface area contributed by atoms with E-state index in [2.05, 4.69) is 0 Å². The molecule has 1 atom stereocenters. The van der Waals surface area contributed by atoms with Crippen molar-refractivity contribution < 1.29 is 24.2 Å². The van der Waals surface area contributed by atoms with Crippen molar-refractivity contribution in [2.75, 3.05) is 6.54 Å². The van der Waals surface area contributed by atoms with E-state index in [1.165, 1.54) is 4.90 Å². The van der Waals surface area contributed by atoms with E-state index in [9.17, 15) is 19.5 Å². The fourth-order valence-electron chi connectivity index (χ4n) is 2.95. The van der Waals surface area contributed by atoms with Gasteiger partial charge in [0.25, 0.3) is 0 Å². The summed E-state index contributed by atoms with van der Waals surface area (Å²) in [5.74, 6) is -1.55. The Bertz CT molecular complexity index is 680. The summed E-state index contributed by atoms with van der Waals surface area (Å²) in [7, 11) is 0. The number of likely N-dealkylation sites (tertiary alicyclic amines) is 1. The minimum absolute atomic E-state index is 0.209.